The Morgan fingerprint density at radius 2 is 1.82 bits per heavy atom. The van der Waals surface area contributed by atoms with Crippen molar-refractivity contribution >= 4 is 34.2 Å². The van der Waals surface area contributed by atoms with Gasteiger partial charge in [-0.05, 0) is 36.4 Å². The number of hydrogen-bond donors (Lipinski definition) is 3. The van der Waals surface area contributed by atoms with Gasteiger partial charge in [-0.2, -0.15) is 13.2 Å². The summed E-state index contributed by atoms with van der Waals surface area (Å²) in [5.74, 6) is -2.00. The average molecular weight is 490 g/mol. The summed E-state index contributed by atoms with van der Waals surface area (Å²) in [4.78, 5) is 30.4. The van der Waals surface area contributed by atoms with Crippen molar-refractivity contribution in [1.29, 1.82) is 0 Å². The highest BCUT2D eigenvalue weighted by Crippen LogP contribution is 2.37. The number of ether oxygens (including phenoxy) is 1. The molecule has 11 heteroatoms. The number of fused-ring (bicyclic) bond motifs is 1. The zero-order valence-electron chi connectivity index (χ0n) is 17.3. The number of aromatic carboxylic acids is 1. The largest absolute Gasteiger partial charge is 0.484 e. The molecular formula is C23H17F3N2O5S. The second-order valence-corrected chi connectivity index (χ2v) is 8.38. The fourth-order valence-corrected chi connectivity index (χ4v) is 4.36. The number of carbonyl (C=O) groups is 2. The molecule has 176 valence electrons. The zero-order chi connectivity index (χ0) is 24.5. The number of aromatic nitrogens is 2. The third-order valence-electron chi connectivity index (χ3n) is 5.04. The number of carboxylic acids is 2. The maximum absolute atomic E-state index is 12.9. The first-order valence-electron chi connectivity index (χ1n) is 9.99. The van der Waals surface area contributed by atoms with Crippen LogP contribution >= 0.6 is 11.3 Å². The first-order valence-corrected chi connectivity index (χ1v) is 10.8. The minimum atomic E-state index is -4.50. The number of aromatic amines is 1. The van der Waals surface area contributed by atoms with Crippen molar-refractivity contribution in [1.82, 2.24) is 9.97 Å². The number of hydrogen-bond acceptors (Lipinski definition) is 5. The van der Waals surface area contributed by atoms with E-state index in [1.807, 2.05) is 6.07 Å². The van der Waals surface area contributed by atoms with Crippen LogP contribution in [0.25, 0.3) is 21.5 Å². The van der Waals surface area contributed by atoms with Crippen LogP contribution in [0, 0.1) is 0 Å². The van der Waals surface area contributed by atoms with E-state index >= 15 is 0 Å². The number of nitrogens with one attached hydrogen (secondary N) is 1. The molecule has 34 heavy (non-hydrogen) atoms. The van der Waals surface area contributed by atoms with Gasteiger partial charge in [-0.3, -0.25) is 4.79 Å². The molecule has 2 heterocycles. The maximum atomic E-state index is 12.9. The summed E-state index contributed by atoms with van der Waals surface area (Å²) in [6.45, 7) is 0. The molecule has 2 aromatic carbocycles. The Morgan fingerprint density at radius 1 is 1.09 bits per heavy atom. The van der Waals surface area contributed by atoms with Gasteiger partial charge in [-0.25, -0.2) is 9.78 Å². The molecule has 0 aliphatic carbocycles. The van der Waals surface area contributed by atoms with E-state index < -0.39 is 29.8 Å². The predicted octanol–water partition coefficient (Wildman–Crippen LogP) is 5.99. The third kappa shape index (κ3) is 5.04. The number of carboxylic acid groups (broad SMARTS) is 2. The van der Waals surface area contributed by atoms with E-state index in [0.29, 0.717) is 11.3 Å². The fraction of sp³-hybridized carbons (Fsp3) is 0.174. The number of thiazole rings is 1. The number of nitrogens with zero attached hydrogens (tertiary/aromatic N) is 1. The highest BCUT2D eigenvalue weighted by molar-refractivity contribution is 7.17. The molecule has 0 aliphatic heterocycles. The van der Waals surface area contributed by atoms with Gasteiger partial charge in [0, 0.05) is 35.5 Å². The summed E-state index contributed by atoms with van der Waals surface area (Å²) in [7, 11) is 0. The van der Waals surface area contributed by atoms with Crippen LogP contribution in [0.5, 0.6) is 5.75 Å². The SMILES string of the molecule is O=C(O)CCC(Oc1ccc2[nH]ccc2c1)c1nc(-c2ccc(C(F)(F)F)cc2)sc1C(=O)O. The van der Waals surface area contributed by atoms with Crippen LogP contribution in [0.3, 0.4) is 0 Å². The number of halogens is 3. The highest BCUT2D eigenvalue weighted by atomic mass is 32.1. The Morgan fingerprint density at radius 3 is 2.47 bits per heavy atom. The normalized spacial score (nSPS) is 12.6. The highest BCUT2D eigenvalue weighted by Gasteiger charge is 2.31. The van der Waals surface area contributed by atoms with Gasteiger partial charge in [0.1, 0.15) is 27.4 Å². The van der Waals surface area contributed by atoms with Gasteiger partial charge in [0.2, 0.25) is 0 Å². The molecule has 0 fully saturated rings. The van der Waals surface area contributed by atoms with Gasteiger partial charge in [0.25, 0.3) is 0 Å². The lowest BCUT2D eigenvalue weighted by molar-refractivity contribution is -0.138. The van der Waals surface area contributed by atoms with Gasteiger partial charge in [0.05, 0.1) is 5.56 Å². The topological polar surface area (TPSA) is 113 Å². The predicted molar refractivity (Wildman–Crippen MR) is 118 cm³/mol. The smallest absolute Gasteiger partial charge is 0.416 e. The van der Waals surface area contributed by atoms with E-state index in [1.165, 1.54) is 12.1 Å². The summed E-state index contributed by atoms with van der Waals surface area (Å²) in [6.07, 6.45) is -4.12. The lowest BCUT2D eigenvalue weighted by Gasteiger charge is -2.18. The van der Waals surface area contributed by atoms with Crippen LogP contribution in [0.4, 0.5) is 13.2 Å². The van der Waals surface area contributed by atoms with Crippen molar-refractivity contribution in [2.75, 3.05) is 0 Å². The first kappa shape index (κ1) is 23.3. The molecule has 0 saturated heterocycles. The molecule has 0 radical (unpaired) electrons. The molecule has 2 aromatic heterocycles. The van der Waals surface area contributed by atoms with Crippen LogP contribution in [-0.4, -0.2) is 32.1 Å². The Hall–Kier alpha value is -3.86. The zero-order valence-corrected chi connectivity index (χ0v) is 18.1. The first-order chi connectivity index (χ1) is 16.1. The van der Waals surface area contributed by atoms with Gasteiger partial charge in [-0.1, -0.05) is 12.1 Å². The second kappa shape index (κ2) is 9.18. The summed E-state index contributed by atoms with van der Waals surface area (Å²) in [5, 5.41) is 19.9. The number of alkyl halides is 3. The molecule has 0 bridgehead atoms. The van der Waals surface area contributed by atoms with E-state index in [0.717, 1.165) is 34.4 Å². The molecule has 4 rings (SSSR count). The maximum Gasteiger partial charge on any atom is 0.416 e. The van der Waals surface area contributed by atoms with Crippen molar-refractivity contribution in [3.63, 3.8) is 0 Å². The Bertz CT molecular complexity index is 1340. The molecule has 0 saturated carbocycles. The number of H-pyrrole nitrogens is 1. The molecule has 3 N–H and O–H groups in total. The Balaban J connectivity index is 1.71. The fourth-order valence-electron chi connectivity index (χ4n) is 3.40. The number of benzene rings is 2. The minimum Gasteiger partial charge on any atom is -0.484 e. The van der Waals surface area contributed by atoms with Gasteiger partial charge in [-0.15, -0.1) is 11.3 Å². The van der Waals surface area contributed by atoms with Gasteiger partial charge < -0.3 is 19.9 Å². The lowest BCUT2D eigenvalue weighted by atomic mass is 10.1. The van der Waals surface area contributed by atoms with Crippen molar-refractivity contribution in [3.05, 3.63) is 70.9 Å². The van der Waals surface area contributed by atoms with Crippen molar-refractivity contribution in [2.45, 2.75) is 25.1 Å². The van der Waals surface area contributed by atoms with E-state index in [-0.39, 0.29) is 28.4 Å². The van der Waals surface area contributed by atoms with E-state index in [4.69, 9.17) is 9.84 Å². The molecule has 1 atom stereocenters. The summed E-state index contributed by atoms with van der Waals surface area (Å²) in [5.41, 5.74) is 0.341. The molecule has 7 nitrogen and oxygen atoms in total. The van der Waals surface area contributed by atoms with Crippen molar-refractivity contribution in [3.8, 4) is 16.3 Å². The Kier molecular flexibility index (Phi) is 6.29. The minimum absolute atomic E-state index is 0.0165. The van der Waals surface area contributed by atoms with E-state index in [1.54, 1.807) is 24.4 Å². The third-order valence-corrected chi connectivity index (χ3v) is 6.14. The van der Waals surface area contributed by atoms with Crippen molar-refractivity contribution < 1.29 is 37.7 Å². The Labute approximate surface area is 194 Å². The van der Waals surface area contributed by atoms with Gasteiger partial charge >= 0.3 is 18.1 Å². The molecule has 0 amide bonds. The molecular weight excluding hydrogens is 473 g/mol. The summed E-state index contributed by atoms with van der Waals surface area (Å²) >= 11 is 0.787. The summed E-state index contributed by atoms with van der Waals surface area (Å²) < 4.78 is 44.6. The van der Waals surface area contributed by atoms with Crippen LogP contribution < -0.4 is 4.74 Å². The molecule has 4 aromatic rings. The molecule has 1 unspecified atom stereocenters. The second-order valence-electron chi connectivity index (χ2n) is 7.38. The van der Waals surface area contributed by atoms with Crippen LogP contribution in [0.2, 0.25) is 0 Å². The number of rotatable bonds is 8. The van der Waals surface area contributed by atoms with E-state index in [9.17, 15) is 27.9 Å². The summed E-state index contributed by atoms with van der Waals surface area (Å²) in [6, 6.07) is 11.2. The standard InChI is InChI=1S/C23H17F3N2O5S/c24-23(25,26)14-3-1-12(2-4-14)21-28-19(20(34-21)22(31)32)17(7-8-18(29)30)33-15-5-6-16-13(11-15)9-10-27-16/h1-6,9-11,17,27H,7-8H2,(H,29,30)(H,31,32). The molecule has 0 spiro atoms. The quantitative estimate of drug-likeness (QED) is 0.280. The molecule has 0 aliphatic rings. The van der Waals surface area contributed by atoms with Crippen LogP contribution in [-0.2, 0) is 11.0 Å². The van der Waals surface area contributed by atoms with Gasteiger partial charge in [0.15, 0.2) is 0 Å². The monoisotopic (exact) mass is 490 g/mol. The van der Waals surface area contributed by atoms with Crippen LogP contribution in [0.1, 0.15) is 39.9 Å². The van der Waals surface area contributed by atoms with E-state index in [2.05, 4.69) is 9.97 Å². The lowest BCUT2D eigenvalue weighted by Crippen LogP contribution is -2.14. The van der Waals surface area contributed by atoms with Crippen LogP contribution in [0.15, 0.2) is 54.7 Å². The average Bonchev–Trinajstić information content (AvgIpc) is 3.43. The number of aliphatic carboxylic acids is 1. The van der Waals surface area contributed by atoms with Crippen molar-refractivity contribution in [2.24, 2.45) is 0 Å².